The first-order valence-corrected chi connectivity index (χ1v) is 17.2. The summed E-state index contributed by atoms with van der Waals surface area (Å²) in [6.45, 7) is 21.0. The summed E-state index contributed by atoms with van der Waals surface area (Å²) >= 11 is 0. The average molecular weight is 689 g/mol. The van der Waals surface area contributed by atoms with Crippen LogP contribution in [0.5, 0.6) is 0 Å². The Kier molecular flexibility index (Phi) is 13.3. The van der Waals surface area contributed by atoms with Crippen molar-refractivity contribution in [3.8, 4) is 0 Å². The van der Waals surface area contributed by atoms with E-state index in [0.717, 1.165) is 60.0 Å². The van der Waals surface area contributed by atoms with E-state index in [1.165, 1.54) is 24.5 Å². The number of allylic oxidation sites excluding steroid dienone is 5. The third-order valence-electron chi connectivity index (χ3n) is 9.00. The molecule has 2 aliphatic heterocycles. The molecule has 1 saturated heterocycles. The van der Waals surface area contributed by atoms with Crippen LogP contribution in [0.1, 0.15) is 58.1 Å². The molecule has 0 radical (unpaired) electrons. The van der Waals surface area contributed by atoms with Gasteiger partial charge in [0.25, 0.3) is 0 Å². The second-order valence-corrected chi connectivity index (χ2v) is 13.3. The molecule has 6 rings (SSSR count). The number of rotatable bonds is 9. The van der Waals surface area contributed by atoms with E-state index < -0.39 is 6.17 Å². The summed E-state index contributed by atoms with van der Waals surface area (Å²) in [6, 6.07) is 5.02. The molecule has 0 amide bonds. The first-order chi connectivity index (χ1) is 23.8. The van der Waals surface area contributed by atoms with Crippen LogP contribution in [0.25, 0.3) is 5.70 Å². The lowest BCUT2D eigenvalue weighted by Crippen LogP contribution is -2.44. The van der Waals surface area contributed by atoms with Gasteiger partial charge in [-0.15, -0.1) is 0 Å². The molecule has 4 aliphatic rings. The third kappa shape index (κ3) is 10.0. The highest BCUT2D eigenvalue weighted by Gasteiger charge is 2.31. The molecule has 2 aromatic rings. The Morgan fingerprint density at radius 2 is 1.82 bits per heavy atom. The molecule has 270 valence electrons. The number of hydrogen-bond acceptors (Lipinski definition) is 9. The lowest BCUT2D eigenvalue weighted by atomic mass is 9.91. The molecule has 2 saturated carbocycles. The first-order valence-electron chi connectivity index (χ1n) is 17.2. The molecule has 1 aromatic carbocycles. The number of benzene rings is 1. The van der Waals surface area contributed by atoms with Crippen molar-refractivity contribution in [1.29, 1.82) is 0 Å². The van der Waals surface area contributed by atoms with Crippen LogP contribution < -0.4 is 27.5 Å². The number of hydrazine groups is 1. The quantitative estimate of drug-likeness (QED) is 0.143. The summed E-state index contributed by atoms with van der Waals surface area (Å²) in [4.78, 5) is 9.12. The van der Waals surface area contributed by atoms with Gasteiger partial charge in [0, 0.05) is 74.9 Å². The number of aromatic nitrogens is 2. The number of nitrogens with zero attached hydrogens (tertiary/aromatic N) is 6. The monoisotopic (exact) mass is 688 g/mol. The van der Waals surface area contributed by atoms with Gasteiger partial charge in [0.2, 0.25) is 0 Å². The van der Waals surface area contributed by atoms with Gasteiger partial charge in [0.15, 0.2) is 0 Å². The van der Waals surface area contributed by atoms with Gasteiger partial charge >= 0.3 is 0 Å². The van der Waals surface area contributed by atoms with Gasteiger partial charge in [0.05, 0.1) is 41.1 Å². The average Bonchev–Trinajstić information content (AvgIpc) is 3.69. The fourth-order valence-electron chi connectivity index (χ4n) is 5.61. The zero-order valence-electron chi connectivity index (χ0n) is 30.0. The van der Waals surface area contributed by atoms with Crippen molar-refractivity contribution < 1.29 is 8.78 Å². The molecule has 7 N–H and O–H groups in total. The Hall–Kier alpha value is -4.52. The topological polar surface area (TPSA) is 130 Å². The van der Waals surface area contributed by atoms with Gasteiger partial charge in [-0.05, 0) is 70.0 Å². The number of nitrogens with one attached hydrogen (secondary N) is 1. The van der Waals surface area contributed by atoms with E-state index in [4.69, 9.17) is 22.3 Å². The van der Waals surface area contributed by atoms with Crippen molar-refractivity contribution in [2.75, 3.05) is 50.0 Å². The maximum absolute atomic E-state index is 14.3. The summed E-state index contributed by atoms with van der Waals surface area (Å²) < 4.78 is 29.2. The second-order valence-electron chi connectivity index (χ2n) is 13.3. The van der Waals surface area contributed by atoms with Crippen LogP contribution >= 0.6 is 0 Å². The molecular weight excluding hydrogens is 634 g/mol. The number of halogens is 2. The van der Waals surface area contributed by atoms with E-state index >= 15 is 0 Å². The smallest absolute Gasteiger partial charge is 0.148 e. The van der Waals surface area contributed by atoms with Crippen LogP contribution in [0.2, 0.25) is 0 Å². The van der Waals surface area contributed by atoms with E-state index in [0.29, 0.717) is 36.5 Å². The van der Waals surface area contributed by atoms with Gasteiger partial charge in [-0.25, -0.2) is 19.6 Å². The largest absolute Gasteiger partial charge is 0.401 e. The number of hydrogen-bond donors (Lipinski definition) is 4. The van der Waals surface area contributed by atoms with Crippen LogP contribution in [0.15, 0.2) is 102 Å². The van der Waals surface area contributed by atoms with Crippen LogP contribution in [-0.2, 0) is 0 Å². The molecular formula is C38H54F2N10. The highest BCUT2D eigenvalue weighted by atomic mass is 19.1. The Balaban J connectivity index is 0.000000204. The molecule has 3 fully saturated rings. The van der Waals surface area contributed by atoms with Crippen molar-refractivity contribution in [2.45, 2.75) is 64.7 Å². The first kappa shape index (κ1) is 38.3. The standard InChI is InChI=1S/C19H24FN5.C15H24FN5.C4H6/c1-5-13(6-2)18-19(12(3)4)24(21)11-17(23-18)14-9-22-25(10-14)16-7-15(20)8-16;1-11(18)14(10-17)19-12-3-4-15(13(16)9-12)21-7-5-20(2)6-8-21;1-4-2-3-4/h5-6,9-11,15-16H,1,7-8,21H2,2-4H3;3-4,9,14,19H,1,5-8,10,17-18H2,2H3;1-3H2/b13-6+;;. The Labute approximate surface area is 296 Å². The lowest BCUT2D eigenvalue weighted by molar-refractivity contribution is 0.128. The fourth-order valence-corrected chi connectivity index (χ4v) is 5.61. The maximum Gasteiger partial charge on any atom is 0.148 e. The highest BCUT2D eigenvalue weighted by Crippen LogP contribution is 2.35. The summed E-state index contributed by atoms with van der Waals surface area (Å²) in [5.41, 5.74) is 19.7. The normalized spacial score (nSPS) is 21.0. The molecule has 2 aliphatic carbocycles. The van der Waals surface area contributed by atoms with E-state index in [1.807, 2.05) is 43.8 Å². The Morgan fingerprint density at radius 1 is 1.16 bits per heavy atom. The van der Waals surface area contributed by atoms with Crippen molar-refractivity contribution in [3.63, 3.8) is 0 Å². The minimum atomic E-state index is -0.708. The minimum Gasteiger partial charge on any atom is -0.401 e. The second kappa shape index (κ2) is 17.4. The molecule has 1 unspecified atom stereocenters. The van der Waals surface area contributed by atoms with Gasteiger partial charge in [-0.3, -0.25) is 9.69 Å². The summed E-state index contributed by atoms with van der Waals surface area (Å²) in [5, 5.41) is 9.06. The zero-order valence-corrected chi connectivity index (χ0v) is 30.0. The highest BCUT2D eigenvalue weighted by molar-refractivity contribution is 6.16. The Bertz CT molecular complexity index is 1640. The van der Waals surface area contributed by atoms with Crippen molar-refractivity contribution in [3.05, 3.63) is 108 Å². The van der Waals surface area contributed by atoms with Crippen LogP contribution in [0.3, 0.4) is 0 Å². The lowest BCUT2D eigenvalue weighted by Gasteiger charge is -2.34. The summed E-state index contributed by atoms with van der Waals surface area (Å²) in [7, 11) is 2.08. The van der Waals surface area contributed by atoms with Crippen LogP contribution in [-0.4, -0.2) is 77.4 Å². The molecule has 0 spiro atoms. The minimum absolute atomic E-state index is 0.137. The number of likely N-dealkylation sites (N-methyl/N-ethyl adjacent to an activating group) is 1. The predicted octanol–water partition coefficient (Wildman–Crippen LogP) is 6.04. The van der Waals surface area contributed by atoms with Crippen molar-refractivity contribution >= 4 is 22.8 Å². The molecule has 3 heterocycles. The van der Waals surface area contributed by atoms with E-state index in [2.05, 4.69) is 47.0 Å². The number of anilines is 2. The van der Waals surface area contributed by atoms with Gasteiger partial charge in [-0.2, -0.15) is 5.10 Å². The van der Waals surface area contributed by atoms with E-state index in [1.54, 1.807) is 29.5 Å². The molecule has 1 atom stereocenters. The van der Waals surface area contributed by atoms with Crippen LogP contribution in [0.4, 0.5) is 20.2 Å². The number of alkyl halides is 1. The SMILES string of the molecule is C=C(N)C(CN)Nc1ccc(N2CCN(C)CC2)c(F)c1.C=C/C(=C\C)C1=NC(c2cnn(C3CC(F)C3)c2)=CN(N)C1=C(C)C.C=C1CC1. The summed E-state index contributed by atoms with van der Waals surface area (Å²) in [5.74, 6) is 6.01. The van der Waals surface area contributed by atoms with Gasteiger partial charge < -0.3 is 26.6 Å². The number of piperazine rings is 1. The molecule has 12 heteroatoms. The third-order valence-corrected chi connectivity index (χ3v) is 9.00. The molecule has 10 nitrogen and oxygen atoms in total. The number of nitrogens with two attached hydrogens (primary N) is 3. The fraction of sp³-hybridized carbons (Fsp3) is 0.421. The van der Waals surface area contributed by atoms with E-state index in [-0.39, 0.29) is 17.9 Å². The van der Waals surface area contributed by atoms with Crippen molar-refractivity contribution in [2.24, 2.45) is 22.3 Å². The van der Waals surface area contributed by atoms with Gasteiger partial charge in [-0.1, -0.05) is 37.5 Å². The van der Waals surface area contributed by atoms with Crippen molar-refractivity contribution in [1.82, 2.24) is 19.7 Å². The maximum atomic E-state index is 14.3. The molecule has 0 bridgehead atoms. The predicted molar refractivity (Wildman–Crippen MR) is 203 cm³/mol. The molecule has 1 aromatic heterocycles. The summed E-state index contributed by atoms with van der Waals surface area (Å²) in [6.07, 6.45) is 12.1. The van der Waals surface area contributed by atoms with Crippen LogP contribution in [0, 0.1) is 5.82 Å². The van der Waals surface area contributed by atoms with Gasteiger partial charge in [0.1, 0.15) is 12.0 Å². The zero-order chi connectivity index (χ0) is 36.5. The molecule has 50 heavy (non-hydrogen) atoms. The number of aliphatic imine (C=N–C) groups is 1. The Morgan fingerprint density at radius 3 is 2.32 bits per heavy atom. The van der Waals surface area contributed by atoms with E-state index in [9.17, 15) is 8.78 Å².